The number of hydrogen-bond acceptors (Lipinski definition) is 9. The van der Waals surface area contributed by atoms with Crippen molar-refractivity contribution in [1.82, 2.24) is 0 Å². The molecule has 8 aliphatic carbocycles. The van der Waals surface area contributed by atoms with Crippen molar-refractivity contribution < 1.29 is 43.9 Å². The molecule has 0 heterocycles. The Bertz CT molecular complexity index is 1490. The first kappa shape index (κ1) is 48.0. The molecule has 5 fully saturated rings. The van der Waals surface area contributed by atoms with Gasteiger partial charge in [-0.25, -0.2) is 0 Å². The molecule has 9 nitrogen and oxygen atoms in total. The van der Waals surface area contributed by atoms with Gasteiger partial charge in [0.25, 0.3) is 0 Å². The fraction of sp³-hybridized carbons (Fsp3) is 0.827. The van der Waals surface area contributed by atoms with Crippen molar-refractivity contribution in [2.24, 2.45) is 65.1 Å². The Morgan fingerprint density at radius 2 is 0.934 bits per heavy atom. The zero-order valence-electron chi connectivity index (χ0n) is 38.3. The maximum atomic E-state index is 12.4. The molecule has 0 spiro atoms. The molecule has 10 atom stereocenters. The Morgan fingerprint density at radius 3 is 1.30 bits per heavy atom. The summed E-state index contributed by atoms with van der Waals surface area (Å²) in [6.45, 7) is 8.13. The van der Waals surface area contributed by atoms with Crippen molar-refractivity contribution >= 4 is 17.9 Å². The van der Waals surface area contributed by atoms with E-state index >= 15 is 0 Å². The van der Waals surface area contributed by atoms with Gasteiger partial charge in [-0.3, -0.25) is 14.4 Å². The molecular formula is C52H82O9. The van der Waals surface area contributed by atoms with Gasteiger partial charge in [-0.15, -0.1) is 0 Å². The molecule has 0 aliphatic heterocycles. The standard InChI is InChI=1S/C25H40O3.C15H24O3.C12H18O3/c26-24(23-18-19-13-14-20(23)17-19)28-16-8-7-15-25(27,21-9-3-1-4-10-21)22-11-5-2-6-12-22;1-3-15(2,17)7-4-8-18-14(16)13-10-11-5-6-12(13)9-11;1-12(2,14)7-15-11(13)10-6-8-3-4-9(10)5-8/h13-14,19-23,27H,1-12,15-18H2;5-6,11-13,17H,3-4,7-10H2,1-2H3;3-4,8-10,14H,5-7H2,1-2H3. The maximum absolute atomic E-state index is 12.4. The van der Waals surface area contributed by atoms with E-state index in [1.807, 2.05) is 13.8 Å². The van der Waals surface area contributed by atoms with Crippen LogP contribution in [0.1, 0.15) is 169 Å². The van der Waals surface area contributed by atoms with Gasteiger partial charge in [-0.1, -0.05) is 81.9 Å². The van der Waals surface area contributed by atoms with Crippen molar-refractivity contribution in [1.29, 1.82) is 0 Å². The number of allylic oxidation sites excluding steroid dienone is 6. The molecule has 0 amide bonds. The Balaban J connectivity index is 0.000000163. The Labute approximate surface area is 367 Å². The van der Waals surface area contributed by atoms with E-state index in [9.17, 15) is 29.7 Å². The Kier molecular flexibility index (Phi) is 17.2. The highest BCUT2D eigenvalue weighted by Crippen LogP contribution is 2.47. The number of carbonyl (C=O) groups excluding carboxylic acids is 3. The third-order valence-electron chi connectivity index (χ3n) is 16.0. The fourth-order valence-electron chi connectivity index (χ4n) is 12.2. The molecule has 0 saturated heterocycles. The van der Waals surface area contributed by atoms with Crippen molar-refractivity contribution in [3.63, 3.8) is 0 Å². The van der Waals surface area contributed by atoms with Crippen molar-refractivity contribution in [2.45, 2.75) is 186 Å². The molecule has 10 unspecified atom stereocenters. The summed E-state index contributed by atoms with van der Waals surface area (Å²) in [5.41, 5.74) is -2.02. The minimum absolute atomic E-state index is 0.0201. The summed E-state index contributed by atoms with van der Waals surface area (Å²) in [5.74, 6) is 4.08. The number of fused-ring (bicyclic) bond motifs is 6. The average Bonchev–Trinajstić information content (AvgIpc) is 4.15. The number of ether oxygens (including phenoxy) is 3. The lowest BCUT2D eigenvalue weighted by molar-refractivity contribution is -0.155. The lowest BCUT2D eigenvalue weighted by Gasteiger charge is -2.46. The van der Waals surface area contributed by atoms with Crippen molar-refractivity contribution in [3.05, 3.63) is 36.5 Å². The molecule has 8 aliphatic rings. The minimum atomic E-state index is -0.927. The fourth-order valence-corrected chi connectivity index (χ4v) is 12.2. The summed E-state index contributed by atoms with van der Waals surface area (Å²) in [4.78, 5) is 36.0. The predicted molar refractivity (Wildman–Crippen MR) is 238 cm³/mol. The second kappa shape index (κ2) is 21.9. The molecule has 0 radical (unpaired) electrons. The van der Waals surface area contributed by atoms with Gasteiger partial charge in [-0.2, -0.15) is 0 Å². The minimum Gasteiger partial charge on any atom is -0.465 e. The lowest BCUT2D eigenvalue weighted by Crippen LogP contribution is -2.46. The molecule has 8 rings (SSSR count). The topological polar surface area (TPSA) is 140 Å². The monoisotopic (exact) mass is 851 g/mol. The zero-order chi connectivity index (χ0) is 43.6. The van der Waals surface area contributed by atoms with Gasteiger partial charge in [0, 0.05) is 0 Å². The third-order valence-corrected chi connectivity index (χ3v) is 16.0. The van der Waals surface area contributed by atoms with E-state index in [1.165, 1.54) is 64.2 Å². The van der Waals surface area contributed by atoms with Gasteiger partial charge in [0.2, 0.25) is 0 Å². The summed E-state index contributed by atoms with van der Waals surface area (Å²) in [5, 5.41) is 31.1. The molecule has 0 aromatic heterocycles. The molecule has 5 saturated carbocycles. The number of rotatable bonds is 17. The van der Waals surface area contributed by atoms with E-state index in [1.54, 1.807) is 13.8 Å². The van der Waals surface area contributed by atoms with Crippen LogP contribution in [0.15, 0.2) is 36.5 Å². The molecule has 3 N–H and O–H groups in total. The van der Waals surface area contributed by atoms with Crippen LogP contribution >= 0.6 is 0 Å². The van der Waals surface area contributed by atoms with E-state index in [-0.39, 0.29) is 42.3 Å². The van der Waals surface area contributed by atoms with Gasteiger partial charge in [0.15, 0.2) is 0 Å². The predicted octanol–water partition coefficient (Wildman–Crippen LogP) is 10.00. The zero-order valence-corrected chi connectivity index (χ0v) is 38.3. The smallest absolute Gasteiger partial charge is 0.309 e. The summed E-state index contributed by atoms with van der Waals surface area (Å²) in [6.07, 6.45) is 37.1. The van der Waals surface area contributed by atoms with Crippen LogP contribution in [0.2, 0.25) is 0 Å². The van der Waals surface area contributed by atoms with Crippen LogP contribution in [-0.2, 0) is 28.6 Å². The van der Waals surface area contributed by atoms with E-state index < -0.39 is 16.8 Å². The van der Waals surface area contributed by atoms with E-state index in [4.69, 9.17) is 14.2 Å². The van der Waals surface area contributed by atoms with Crippen molar-refractivity contribution in [2.75, 3.05) is 19.8 Å². The summed E-state index contributed by atoms with van der Waals surface area (Å²) in [7, 11) is 0. The van der Waals surface area contributed by atoms with Crippen LogP contribution in [0.25, 0.3) is 0 Å². The van der Waals surface area contributed by atoms with Crippen LogP contribution in [0.3, 0.4) is 0 Å². The van der Waals surface area contributed by atoms with Gasteiger partial charge < -0.3 is 29.5 Å². The molecule has 0 aromatic rings. The molecule has 9 heteroatoms. The number of carbonyl (C=O) groups is 3. The van der Waals surface area contributed by atoms with Gasteiger partial charge >= 0.3 is 17.9 Å². The number of unbranched alkanes of at least 4 members (excludes halogenated alkanes) is 1. The van der Waals surface area contributed by atoms with E-state index in [0.717, 1.165) is 70.6 Å². The largest absolute Gasteiger partial charge is 0.465 e. The maximum Gasteiger partial charge on any atom is 0.309 e. The van der Waals surface area contributed by atoms with Crippen LogP contribution < -0.4 is 0 Å². The SMILES string of the molecule is CC(C)(O)COC(=O)C1CC2C=CC1C2.CCC(C)(O)CCCOC(=O)C1CC2C=CC1C2.O=C(OCCCCC(O)(C1CCCCC1)C1CCCCC1)C1CC2C=CC1C2. The van der Waals surface area contributed by atoms with E-state index in [0.29, 0.717) is 67.0 Å². The van der Waals surface area contributed by atoms with E-state index in [2.05, 4.69) is 36.5 Å². The molecule has 0 aromatic carbocycles. The molecule has 61 heavy (non-hydrogen) atoms. The number of aliphatic hydroxyl groups is 3. The van der Waals surface area contributed by atoms with Crippen LogP contribution in [0.4, 0.5) is 0 Å². The lowest BCUT2D eigenvalue weighted by atomic mass is 9.64. The molecular weight excluding hydrogens is 769 g/mol. The first-order valence-electron chi connectivity index (χ1n) is 24.9. The second-order valence-electron chi connectivity index (χ2n) is 21.5. The highest BCUT2D eigenvalue weighted by atomic mass is 16.5. The number of esters is 3. The van der Waals surface area contributed by atoms with Crippen molar-refractivity contribution in [3.8, 4) is 0 Å². The quantitative estimate of drug-likeness (QED) is 0.0565. The summed E-state index contributed by atoms with van der Waals surface area (Å²) >= 11 is 0. The Hall–Kier alpha value is -2.49. The van der Waals surface area contributed by atoms with Gasteiger partial charge in [0.05, 0.1) is 47.8 Å². The van der Waals surface area contributed by atoms with Crippen LogP contribution in [0, 0.1) is 65.1 Å². The van der Waals surface area contributed by atoms with Gasteiger partial charge in [-0.05, 0) is 171 Å². The van der Waals surface area contributed by atoms with Gasteiger partial charge in [0.1, 0.15) is 6.61 Å². The third kappa shape index (κ3) is 13.5. The Morgan fingerprint density at radius 1 is 0.525 bits per heavy atom. The summed E-state index contributed by atoms with van der Waals surface area (Å²) < 4.78 is 16.1. The normalized spacial score (nSPS) is 32.2. The average molecular weight is 851 g/mol. The number of hydrogen-bond donors (Lipinski definition) is 3. The van der Waals surface area contributed by atoms with Crippen LogP contribution in [-0.4, -0.2) is 69.9 Å². The van der Waals surface area contributed by atoms with Crippen LogP contribution in [0.5, 0.6) is 0 Å². The first-order chi connectivity index (χ1) is 29.1. The summed E-state index contributed by atoms with van der Waals surface area (Å²) in [6, 6.07) is 0. The highest BCUT2D eigenvalue weighted by Gasteiger charge is 2.45. The highest BCUT2D eigenvalue weighted by molar-refractivity contribution is 5.75. The first-order valence-corrected chi connectivity index (χ1v) is 24.9. The molecule has 6 bridgehead atoms. The molecule has 344 valence electrons. The second-order valence-corrected chi connectivity index (χ2v) is 21.5.